The first-order valence-corrected chi connectivity index (χ1v) is 22.3. The number of benzene rings is 4. The van der Waals surface area contributed by atoms with Crippen LogP contribution in [0.15, 0.2) is 107 Å². The third kappa shape index (κ3) is 9.16. The number of aromatic amines is 1. The maximum absolute atomic E-state index is 12.7. The van der Waals surface area contributed by atoms with E-state index in [1.807, 2.05) is 12.1 Å². The van der Waals surface area contributed by atoms with E-state index < -0.39 is 20.0 Å². The van der Waals surface area contributed by atoms with E-state index in [-0.39, 0.29) is 11.8 Å². The van der Waals surface area contributed by atoms with Crippen LogP contribution in [-0.2, 0) is 33.1 Å². The predicted octanol–water partition coefficient (Wildman–Crippen LogP) is 6.07. The highest BCUT2D eigenvalue weighted by Gasteiger charge is 2.27. The van der Waals surface area contributed by atoms with Crippen molar-refractivity contribution >= 4 is 64.4 Å². The second-order valence-corrected chi connectivity index (χ2v) is 18.5. The van der Waals surface area contributed by atoms with Crippen LogP contribution in [0.25, 0.3) is 21.3 Å². The molecule has 2 fully saturated rings. The minimum Gasteiger partial charge on any atom is -0.348 e. The number of amides is 2. The monoisotopic (exact) mass is 813 g/mol. The molecule has 2 saturated heterocycles. The number of thiazole rings is 1. The molecule has 0 atom stereocenters. The number of fused-ring (bicyclic) bond motifs is 2. The zero-order valence-corrected chi connectivity index (χ0v) is 33.1. The lowest BCUT2D eigenvalue weighted by molar-refractivity contribution is 0.0943. The third-order valence-electron chi connectivity index (χ3n) is 9.93. The molecular weight excluding hydrogens is 771 g/mol. The van der Waals surface area contributed by atoms with E-state index in [0.717, 1.165) is 70.9 Å². The third-order valence-corrected chi connectivity index (χ3v) is 14.6. The number of carbonyl (C=O) groups is 2. The summed E-state index contributed by atoms with van der Waals surface area (Å²) >= 11 is 1.50. The summed E-state index contributed by atoms with van der Waals surface area (Å²) in [6.07, 6.45) is 7.40. The molecule has 2 amide bonds. The zero-order valence-electron chi connectivity index (χ0n) is 30.7. The Morgan fingerprint density at radius 1 is 0.607 bits per heavy atom. The largest absolute Gasteiger partial charge is 0.348 e. The van der Waals surface area contributed by atoms with E-state index in [1.54, 1.807) is 93.2 Å². The number of hydrogen-bond donors (Lipinski definition) is 3. The van der Waals surface area contributed by atoms with Crippen LogP contribution >= 0.6 is 11.3 Å². The standard InChI is InChI=1S/C20H22N4O3S.C20H21N3O3S2/c25-20(16-6-9-18-19(12-16)23-14-22-18)21-13-15-4-7-17(8-5-15)28(26,27)24-10-2-1-3-11-24;24-20(16-6-9-18-19(12-16)27-14-22-18)21-13-15-4-7-17(8-5-15)28(25,26)23-10-2-1-3-11-23/h4-9,12,14H,1-3,10-11,13H2,(H,21,25)(H,22,23);4-9,12,14H,1-3,10-11,13H2,(H,21,24). The minimum absolute atomic E-state index is 0.166. The summed E-state index contributed by atoms with van der Waals surface area (Å²) in [6, 6.07) is 24.2. The minimum atomic E-state index is -3.43. The van der Waals surface area contributed by atoms with Crippen LogP contribution in [0.3, 0.4) is 0 Å². The van der Waals surface area contributed by atoms with Gasteiger partial charge in [-0.15, -0.1) is 11.3 Å². The number of H-pyrrole nitrogens is 1. The zero-order chi connectivity index (χ0) is 39.1. The lowest BCUT2D eigenvalue weighted by Gasteiger charge is -2.25. The summed E-state index contributed by atoms with van der Waals surface area (Å²) in [7, 11) is -6.86. The predicted molar refractivity (Wildman–Crippen MR) is 216 cm³/mol. The molecule has 0 radical (unpaired) electrons. The molecule has 6 aromatic rings. The fraction of sp³-hybridized carbons (Fsp3) is 0.300. The molecule has 4 heterocycles. The molecule has 8 rings (SSSR count). The number of nitrogens with zero attached hydrogens (tertiary/aromatic N) is 4. The Morgan fingerprint density at radius 3 is 1.61 bits per heavy atom. The van der Waals surface area contributed by atoms with E-state index in [0.29, 0.717) is 60.2 Å². The summed E-state index contributed by atoms with van der Waals surface area (Å²) in [5.74, 6) is -0.359. The molecular formula is C40H43N7O6S3. The van der Waals surface area contributed by atoms with Gasteiger partial charge in [0, 0.05) is 50.4 Å². The molecule has 2 aliphatic rings. The second kappa shape index (κ2) is 17.4. The van der Waals surface area contributed by atoms with Gasteiger partial charge in [-0.3, -0.25) is 9.59 Å². The van der Waals surface area contributed by atoms with Crippen LogP contribution in [0.4, 0.5) is 0 Å². The van der Waals surface area contributed by atoms with E-state index >= 15 is 0 Å². The average Bonchev–Trinajstić information content (AvgIpc) is 3.92. The summed E-state index contributed by atoms with van der Waals surface area (Å²) in [4.78, 5) is 36.7. The first kappa shape index (κ1) is 39.2. The van der Waals surface area contributed by atoms with Gasteiger partial charge in [0.2, 0.25) is 20.0 Å². The van der Waals surface area contributed by atoms with Crippen LogP contribution in [0, 0.1) is 0 Å². The van der Waals surface area contributed by atoms with Gasteiger partial charge in [-0.1, -0.05) is 37.1 Å². The Hall–Kier alpha value is -5.00. The molecule has 2 aromatic heterocycles. The van der Waals surface area contributed by atoms with Crippen LogP contribution in [0.2, 0.25) is 0 Å². The number of aromatic nitrogens is 3. The van der Waals surface area contributed by atoms with Gasteiger partial charge in [0.25, 0.3) is 11.8 Å². The normalized spacial score (nSPS) is 15.6. The van der Waals surface area contributed by atoms with Gasteiger partial charge in [-0.2, -0.15) is 8.61 Å². The Kier molecular flexibility index (Phi) is 12.2. The number of piperidine rings is 2. The van der Waals surface area contributed by atoms with Crippen molar-refractivity contribution in [2.24, 2.45) is 0 Å². The Morgan fingerprint density at radius 2 is 1.09 bits per heavy atom. The van der Waals surface area contributed by atoms with Crippen molar-refractivity contribution in [2.75, 3.05) is 26.2 Å². The number of sulfonamides is 2. The van der Waals surface area contributed by atoms with Crippen LogP contribution in [0.5, 0.6) is 0 Å². The second-order valence-electron chi connectivity index (χ2n) is 13.8. The van der Waals surface area contributed by atoms with Crippen molar-refractivity contribution in [3.8, 4) is 0 Å². The molecule has 4 aromatic carbocycles. The lowest BCUT2D eigenvalue weighted by atomic mass is 10.1. The topological polar surface area (TPSA) is 175 Å². The highest BCUT2D eigenvalue weighted by atomic mass is 32.2. The molecule has 0 spiro atoms. The SMILES string of the molecule is O=C(NCc1ccc(S(=O)(=O)N2CCCCC2)cc1)c1ccc2nc[nH]c2c1.O=C(NCc1ccc(S(=O)(=O)N2CCCCC2)cc1)c1ccc2ncsc2c1. The Balaban J connectivity index is 0.000000172. The highest BCUT2D eigenvalue weighted by molar-refractivity contribution is 7.89. The maximum Gasteiger partial charge on any atom is 0.251 e. The van der Waals surface area contributed by atoms with Crippen LogP contribution in [-0.4, -0.2) is 78.4 Å². The van der Waals surface area contributed by atoms with E-state index in [1.165, 1.54) is 11.3 Å². The number of nitrogens with one attached hydrogen (secondary N) is 3. The van der Waals surface area contributed by atoms with E-state index in [9.17, 15) is 26.4 Å². The van der Waals surface area contributed by atoms with Crippen LogP contribution in [0.1, 0.15) is 70.4 Å². The van der Waals surface area contributed by atoms with Crippen molar-refractivity contribution in [3.05, 3.63) is 119 Å². The van der Waals surface area contributed by atoms with Gasteiger partial charge in [0.15, 0.2) is 0 Å². The van der Waals surface area contributed by atoms with Crippen molar-refractivity contribution in [1.29, 1.82) is 0 Å². The number of hydrogen-bond acceptors (Lipinski definition) is 9. The molecule has 56 heavy (non-hydrogen) atoms. The van der Waals surface area contributed by atoms with Gasteiger partial charge in [-0.05, 0) is 97.5 Å². The summed E-state index contributed by atoms with van der Waals surface area (Å²) in [5.41, 5.74) is 7.07. The van der Waals surface area contributed by atoms with Gasteiger partial charge >= 0.3 is 0 Å². The van der Waals surface area contributed by atoms with Gasteiger partial charge < -0.3 is 15.6 Å². The molecule has 16 heteroatoms. The summed E-state index contributed by atoms with van der Waals surface area (Å²) < 4.78 is 54.8. The molecule has 0 saturated carbocycles. The summed E-state index contributed by atoms with van der Waals surface area (Å²) in [5, 5.41) is 5.74. The highest BCUT2D eigenvalue weighted by Crippen LogP contribution is 2.23. The lowest BCUT2D eigenvalue weighted by Crippen LogP contribution is -2.35. The van der Waals surface area contributed by atoms with Gasteiger partial charge in [-0.25, -0.2) is 26.8 Å². The first-order chi connectivity index (χ1) is 27.1. The van der Waals surface area contributed by atoms with Crippen molar-refractivity contribution in [3.63, 3.8) is 0 Å². The Labute approximate surface area is 330 Å². The molecule has 0 aliphatic carbocycles. The van der Waals surface area contributed by atoms with Crippen molar-refractivity contribution < 1.29 is 26.4 Å². The van der Waals surface area contributed by atoms with Crippen molar-refractivity contribution in [1.82, 2.24) is 34.2 Å². The van der Waals surface area contributed by atoms with E-state index in [4.69, 9.17) is 0 Å². The van der Waals surface area contributed by atoms with Crippen LogP contribution < -0.4 is 10.6 Å². The summed E-state index contributed by atoms with van der Waals surface area (Å²) in [6.45, 7) is 3.00. The maximum atomic E-state index is 12.7. The fourth-order valence-electron chi connectivity index (χ4n) is 6.71. The van der Waals surface area contributed by atoms with E-state index in [2.05, 4.69) is 25.6 Å². The number of rotatable bonds is 10. The smallest absolute Gasteiger partial charge is 0.251 e. The average molecular weight is 814 g/mol. The molecule has 3 N–H and O–H groups in total. The van der Waals surface area contributed by atoms with Crippen molar-refractivity contribution in [2.45, 2.75) is 61.4 Å². The first-order valence-electron chi connectivity index (χ1n) is 18.6. The number of carbonyl (C=O) groups excluding carboxylic acids is 2. The molecule has 292 valence electrons. The molecule has 0 bridgehead atoms. The van der Waals surface area contributed by atoms with Gasteiger partial charge in [0.1, 0.15) is 0 Å². The fourth-order valence-corrected chi connectivity index (χ4v) is 10.5. The quantitative estimate of drug-likeness (QED) is 0.150. The Bertz CT molecular complexity index is 2350. The molecule has 13 nitrogen and oxygen atoms in total. The molecule has 0 unspecified atom stereocenters. The number of imidazole rings is 1. The molecule has 2 aliphatic heterocycles. The van der Waals surface area contributed by atoms with Gasteiger partial charge in [0.05, 0.1) is 42.9 Å².